The molecule has 2 rings (SSSR count). The lowest BCUT2D eigenvalue weighted by atomic mass is 10.0. The van der Waals surface area contributed by atoms with Gasteiger partial charge in [0, 0.05) is 19.5 Å². The molecule has 1 saturated carbocycles. The van der Waals surface area contributed by atoms with E-state index < -0.39 is 0 Å². The third-order valence-electron chi connectivity index (χ3n) is 3.81. The minimum atomic E-state index is -0.107. The number of hydrogen-bond acceptors (Lipinski definition) is 2. The third kappa shape index (κ3) is 2.71. The van der Waals surface area contributed by atoms with Gasteiger partial charge < -0.3 is 10.0 Å². The lowest BCUT2D eigenvalue weighted by molar-refractivity contribution is -0.133. The lowest BCUT2D eigenvalue weighted by Crippen LogP contribution is -2.37. The molecule has 0 aromatic heterocycles. The fourth-order valence-corrected chi connectivity index (χ4v) is 2.77. The topological polar surface area (TPSA) is 40.5 Å². The highest BCUT2D eigenvalue weighted by molar-refractivity contribution is 5.76. The summed E-state index contributed by atoms with van der Waals surface area (Å²) in [6, 6.07) is 0. The first kappa shape index (κ1) is 10.9. The molecule has 0 aromatic rings. The Hall–Kier alpha value is -0.570. The molecule has 86 valence electrons. The molecule has 1 saturated heterocycles. The number of piperidine rings is 1. The number of aliphatic hydroxyl groups is 1. The van der Waals surface area contributed by atoms with Gasteiger partial charge in [0.1, 0.15) is 0 Å². The summed E-state index contributed by atoms with van der Waals surface area (Å²) < 4.78 is 0. The van der Waals surface area contributed by atoms with Gasteiger partial charge >= 0.3 is 0 Å². The average molecular weight is 211 g/mol. The second kappa shape index (κ2) is 4.97. The number of rotatable bonds is 3. The van der Waals surface area contributed by atoms with E-state index >= 15 is 0 Å². The summed E-state index contributed by atoms with van der Waals surface area (Å²) in [5.74, 6) is 0.758. The number of likely N-dealkylation sites (tertiary alicyclic amines) is 1. The quantitative estimate of drug-likeness (QED) is 0.769. The fraction of sp³-hybridized carbons (Fsp3) is 0.917. The van der Waals surface area contributed by atoms with Crippen LogP contribution in [0.2, 0.25) is 0 Å². The molecule has 1 amide bonds. The van der Waals surface area contributed by atoms with Gasteiger partial charge in [-0.25, -0.2) is 0 Å². The minimum Gasteiger partial charge on any atom is -0.393 e. The van der Waals surface area contributed by atoms with Crippen molar-refractivity contribution in [2.24, 2.45) is 5.92 Å². The zero-order chi connectivity index (χ0) is 10.7. The van der Waals surface area contributed by atoms with E-state index in [-0.39, 0.29) is 6.10 Å². The maximum absolute atomic E-state index is 11.5. The summed E-state index contributed by atoms with van der Waals surface area (Å²) in [4.78, 5) is 13.5. The second-order valence-corrected chi connectivity index (χ2v) is 4.88. The number of aliphatic hydroxyl groups excluding tert-OH is 1. The van der Waals surface area contributed by atoms with Crippen molar-refractivity contribution in [3.63, 3.8) is 0 Å². The number of carbonyl (C=O) groups is 1. The van der Waals surface area contributed by atoms with Crippen LogP contribution in [0.5, 0.6) is 0 Å². The van der Waals surface area contributed by atoms with Crippen LogP contribution in [0, 0.1) is 5.92 Å². The van der Waals surface area contributed by atoms with Crippen molar-refractivity contribution in [2.45, 2.75) is 51.0 Å². The summed E-state index contributed by atoms with van der Waals surface area (Å²) in [5.41, 5.74) is 0. The number of amides is 1. The van der Waals surface area contributed by atoms with Crippen molar-refractivity contribution in [1.29, 1.82) is 0 Å². The molecular weight excluding hydrogens is 190 g/mol. The Morgan fingerprint density at radius 2 is 2.13 bits per heavy atom. The van der Waals surface area contributed by atoms with Crippen LogP contribution in [-0.2, 0) is 4.79 Å². The highest BCUT2D eigenvalue weighted by Gasteiger charge is 2.26. The highest BCUT2D eigenvalue weighted by Crippen LogP contribution is 2.28. The molecule has 1 heterocycles. The summed E-state index contributed by atoms with van der Waals surface area (Å²) in [6.45, 7) is 1.79. The van der Waals surface area contributed by atoms with Gasteiger partial charge in [-0.05, 0) is 38.0 Å². The van der Waals surface area contributed by atoms with E-state index in [2.05, 4.69) is 0 Å². The molecule has 0 aromatic carbocycles. The van der Waals surface area contributed by atoms with Crippen LogP contribution in [0.1, 0.15) is 44.9 Å². The van der Waals surface area contributed by atoms with Gasteiger partial charge in [-0.1, -0.05) is 6.42 Å². The van der Waals surface area contributed by atoms with Crippen molar-refractivity contribution in [2.75, 3.05) is 13.1 Å². The van der Waals surface area contributed by atoms with Crippen LogP contribution in [0.3, 0.4) is 0 Å². The second-order valence-electron chi connectivity index (χ2n) is 4.88. The van der Waals surface area contributed by atoms with Gasteiger partial charge in [0.15, 0.2) is 0 Å². The van der Waals surface area contributed by atoms with E-state index in [0.29, 0.717) is 11.8 Å². The van der Waals surface area contributed by atoms with Gasteiger partial charge in [0.05, 0.1) is 6.10 Å². The van der Waals surface area contributed by atoms with Crippen molar-refractivity contribution >= 4 is 5.91 Å². The highest BCUT2D eigenvalue weighted by atomic mass is 16.3. The zero-order valence-corrected chi connectivity index (χ0v) is 9.32. The molecule has 0 radical (unpaired) electrons. The van der Waals surface area contributed by atoms with Crippen molar-refractivity contribution in [3.05, 3.63) is 0 Å². The predicted octanol–water partition coefficient (Wildman–Crippen LogP) is 1.55. The van der Waals surface area contributed by atoms with Gasteiger partial charge in [-0.15, -0.1) is 0 Å². The maximum atomic E-state index is 11.5. The molecular formula is C12H21NO2. The van der Waals surface area contributed by atoms with E-state index in [9.17, 15) is 9.90 Å². The van der Waals surface area contributed by atoms with E-state index in [4.69, 9.17) is 0 Å². The van der Waals surface area contributed by atoms with Gasteiger partial charge in [0.2, 0.25) is 5.91 Å². The number of carbonyl (C=O) groups excluding carboxylic acids is 1. The van der Waals surface area contributed by atoms with Gasteiger partial charge in [-0.2, -0.15) is 0 Å². The Morgan fingerprint density at radius 1 is 1.27 bits per heavy atom. The van der Waals surface area contributed by atoms with Crippen molar-refractivity contribution in [3.8, 4) is 0 Å². The Bertz CT molecular complexity index is 230. The number of hydrogen-bond donors (Lipinski definition) is 1. The Balaban J connectivity index is 1.74. The molecule has 15 heavy (non-hydrogen) atoms. The van der Waals surface area contributed by atoms with E-state index in [1.807, 2.05) is 4.90 Å². The van der Waals surface area contributed by atoms with Crippen LogP contribution in [-0.4, -0.2) is 35.1 Å². The van der Waals surface area contributed by atoms with Crippen LogP contribution in [0.25, 0.3) is 0 Å². The Labute approximate surface area is 91.5 Å². The van der Waals surface area contributed by atoms with E-state index in [1.54, 1.807) is 0 Å². The molecule has 1 N–H and O–H groups in total. The van der Waals surface area contributed by atoms with Crippen molar-refractivity contribution < 1.29 is 9.90 Å². The normalized spacial score (nSPS) is 32.3. The number of nitrogens with zero attached hydrogens (tertiary/aromatic N) is 1. The first-order chi connectivity index (χ1) is 7.27. The molecule has 2 unspecified atom stereocenters. The predicted molar refractivity (Wildman–Crippen MR) is 58.4 cm³/mol. The van der Waals surface area contributed by atoms with Gasteiger partial charge in [-0.3, -0.25) is 4.79 Å². The lowest BCUT2D eigenvalue weighted by Gasteiger charge is -2.28. The van der Waals surface area contributed by atoms with E-state index in [0.717, 1.165) is 58.0 Å². The fourth-order valence-electron chi connectivity index (χ4n) is 2.77. The summed E-state index contributed by atoms with van der Waals surface area (Å²) in [6.07, 6.45) is 7.08. The van der Waals surface area contributed by atoms with Crippen LogP contribution in [0.15, 0.2) is 0 Å². The van der Waals surface area contributed by atoms with Crippen LogP contribution < -0.4 is 0 Å². The molecule has 2 aliphatic rings. The first-order valence-corrected chi connectivity index (χ1v) is 6.23. The Morgan fingerprint density at radius 3 is 2.80 bits per heavy atom. The molecule has 0 bridgehead atoms. The smallest absolute Gasteiger partial charge is 0.222 e. The molecule has 3 nitrogen and oxygen atoms in total. The third-order valence-corrected chi connectivity index (χ3v) is 3.81. The maximum Gasteiger partial charge on any atom is 0.222 e. The molecule has 3 heteroatoms. The van der Waals surface area contributed by atoms with Crippen LogP contribution in [0.4, 0.5) is 0 Å². The summed E-state index contributed by atoms with van der Waals surface area (Å²) in [5, 5.41) is 9.68. The molecule has 2 atom stereocenters. The minimum absolute atomic E-state index is 0.107. The SMILES string of the molecule is O=C1CCCCN1CCC1CCCC1O. The van der Waals surface area contributed by atoms with E-state index in [1.165, 1.54) is 0 Å². The summed E-state index contributed by atoms with van der Waals surface area (Å²) >= 11 is 0. The summed E-state index contributed by atoms with van der Waals surface area (Å²) in [7, 11) is 0. The van der Waals surface area contributed by atoms with Crippen molar-refractivity contribution in [1.82, 2.24) is 4.90 Å². The van der Waals surface area contributed by atoms with Crippen LogP contribution >= 0.6 is 0 Å². The largest absolute Gasteiger partial charge is 0.393 e. The standard InChI is InChI=1S/C12H21NO2/c14-11-5-3-4-10(11)7-9-13-8-2-1-6-12(13)15/h10-11,14H,1-9H2. The Kier molecular flexibility index (Phi) is 3.62. The first-order valence-electron chi connectivity index (χ1n) is 6.23. The molecule has 1 aliphatic heterocycles. The average Bonchev–Trinajstić information content (AvgIpc) is 2.63. The molecule has 0 spiro atoms. The molecule has 2 fully saturated rings. The molecule has 1 aliphatic carbocycles. The zero-order valence-electron chi connectivity index (χ0n) is 9.32. The van der Waals surface area contributed by atoms with Gasteiger partial charge in [0.25, 0.3) is 0 Å². The monoisotopic (exact) mass is 211 g/mol.